The molecule has 1 amide bonds. The zero-order valence-corrected chi connectivity index (χ0v) is 28.7. The summed E-state index contributed by atoms with van der Waals surface area (Å²) in [7, 11) is -3.52. The number of halogens is 5. The second kappa shape index (κ2) is 16.8. The van der Waals surface area contributed by atoms with Gasteiger partial charge in [-0.1, -0.05) is 66.7 Å². The first-order chi connectivity index (χ1) is 31.0. The standard InChI is InChI=1S/C41H42F5N3O3S/c1-27(28-10-12-29(13-11-28)30-14-16-32(17-15-30)41(44,45)46)49(33-18-20-47(21-19-33)22-23-52-2)38(51)25-48-36-9-4-3-7-34(36)37(50)24-39(48)53-26-31-6-5-8-35(42)40(31)43/h3-17,24,27,33,37,50H,18-23,25-26H2,1-2H3/i2D3,18D2,19D2,20D2,21D2,23D2,27D,33D. The van der Waals surface area contributed by atoms with Crippen LogP contribution in [-0.2, 0) is 21.5 Å². The van der Waals surface area contributed by atoms with E-state index < -0.39 is 99.8 Å². The minimum Gasteiger partial charge on any atom is -0.384 e. The fourth-order valence-corrected chi connectivity index (χ4v) is 6.75. The molecule has 53 heavy (non-hydrogen) atoms. The van der Waals surface area contributed by atoms with Crippen molar-refractivity contribution < 1.29 is 57.2 Å². The van der Waals surface area contributed by atoms with Gasteiger partial charge in [0, 0.05) is 66.1 Å². The maximum atomic E-state index is 15.4. The van der Waals surface area contributed by atoms with E-state index in [2.05, 4.69) is 4.74 Å². The van der Waals surface area contributed by atoms with Crippen molar-refractivity contribution in [2.45, 2.75) is 49.7 Å². The van der Waals surface area contributed by atoms with E-state index in [-0.39, 0.29) is 54.1 Å². The average molecular weight is 767 g/mol. The highest BCUT2D eigenvalue weighted by Gasteiger charge is 2.35. The van der Waals surface area contributed by atoms with Crippen LogP contribution in [0.5, 0.6) is 0 Å². The monoisotopic (exact) mass is 766 g/mol. The van der Waals surface area contributed by atoms with Gasteiger partial charge < -0.3 is 24.5 Å². The van der Waals surface area contributed by atoms with Crippen LogP contribution in [0.25, 0.3) is 11.1 Å². The highest BCUT2D eigenvalue weighted by atomic mass is 32.2. The van der Waals surface area contributed by atoms with Gasteiger partial charge in [0.2, 0.25) is 5.91 Å². The molecule has 2 aliphatic rings. The second-order valence-corrected chi connectivity index (χ2v) is 12.7. The summed E-state index contributed by atoms with van der Waals surface area (Å²) in [6.45, 7) is -13.7. The molecule has 0 spiro atoms. The topological polar surface area (TPSA) is 56.2 Å². The number of alkyl halides is 3. The molecule has 2 atom stereocenters. The third-order valence-corrected chi connectivity index (χ3v) is 9.49. The minimum absolute atomic E-state index is 0.00408. The number of aliphatic hydroxyl groups excluding tert-OH is 1. The Bertz CT molecular complexity index is 2540. The number of fused-ring (bicyclic) bond motifs is 1. The molecule has 2 aliphatic heterocycles. The molecule has 0 bridgehead atoms. The number of benzene rings is 4. The van der Waals surface area contributed by atoms with Crippen LogP contribution in [0.15, 0.2) is 102 Å². The molecule has 0 aliphatic carbocycles. The molecule has 12 heteroatoms. The first-order valence-corrected chi connectivity index (χ1v) is 16.9. The van der Waals surface area contributed by atoms with Crippen molar-refractivity contribution in [1.82, 2.24) is 9.80 Å². The number of carbonyl (C=O) groups excluding carboxylic acids is 1. The van der Waals surface area contributed by atoms with Gasteiger partial charge in [0.1, 0.15) is 12.6 Å². The number of rotatable bonds is 12. The summed E-state index contributed by atoms with van der Waals surface area (Å²) in [6.07, 6.45) is -13.2. The molecule has 4 aromatic carbocycles. The Labute approximate surface area is 331 Å². The number of piperidine rings is 1. The Morgan fingerprint density at radius 2 is 1.74 bits per heavy atom. The molecular weight excluding hydrogens is 710 g/mol. The van der Waals surface area contributed by atoms with E-state index in [0.717, 1.165) is 61.2 Å². The van der Waals surface area contributed by atoms with Crippen molar-refractivity contribution in [1.29, 1.82) is 0 Å². The molecule has 6 rings (SSSR count). The van der Waals surface area contributed by atoms with Crippen LogP contribution >= 0.6 is 11.8 Å². The lowest BCUT2D eigenvalue weighted by atomic mass is 9.96. The molecule has 1 N–H and O–H groups in total. The van der Waals surface area contributed by atoms with Crippen LogP contribution in [0.4, 0.5) is 27.6 Å². The number of anilines is 1. The van der Waals surface area contributed by atoms with Crippen molar-refractivity contribution in [3.63, 3.8) is 0 Å². The molecule has 1 fully saturated rings. The summed E-state index contributed by atoms with van der Waals surface area (Å²) in [5.74, 6) is -4.24. The summed E-state index contributed by atoms with van der Waals surface area (Å²) in [5, 5.41) is 11.2. The smallest absolute Gasteiger partial charge is 0.384 e. The maximum absolute atomic E-state index is 15.4. The lowest BCUT2D eigenvalue weighted by Gasteiger charge is -2.43. The number of likely N-dealkylation sites (tertiary alicyclic amines) is 1. The van der Waals surface area contributed by atoms with Gasteiger partial charge in [0.15, 0.2) is 11.6 Å². The fraction of sp³-hybridized carbons (Fsp3) is 0.341. The average Bonchev–Trinajstić information content (AvgIpc) is 3.22. The zero-order valence-electron chi connectivity index (χ0n) is 42.8. The summed E-state index contributed by atoms with van der Waals surface area (Å²) < 4.78 is 205. The Hall–Kier alpha value is -4.23. The van der Waals surface area contributed by atoms with E-state index in [9.17, 15) is 35.3 Å². The van der Waals surface area contributed by atoms with Gasteiger partial charge in [0.25, 0.3) is 0 Å². The second-order valence-electron chi connectivity index (χ2n) is 11.7. The number of hydrogen-bond acceptors (Lipinski definition) is 6. The molecule has 0 radical (unpaired) electrons. The molecular formula is C41H42F5N3O3S. The number of methoxy groups -OCH3 is 1. The number of aliphatic hydroxyl groups is 1. The Morgan fingerprint density at radius 3 is 2.42 bits per heavy atom. The largest absolute Gasteiger partial charge is 0.416 e. The number of thioether (sulfide) groups is 1. The van der Waals surface area contributed by atoms with Crippen molar-refractivity contribution in [3.8, 4) is 11.1 Å². The van der Waals surface area contributed by atoms with E-state index >= 15 is 4.79 Å². The van der Waals surface area contributed by atoms with Crippen molar-refractivity contribution >= 4 is 23.4 Å². The Morgan fingerprint density at radius 1 is 1.06 bits per heavy atom. The summed E-state index contributed by atoms with van der Waals surface area (Å²) in [6, 6.07) is 11.0. The molecule has 4 aromatic rings. The quantitative estimate of drug-likeness (QED) is 0.145. The third-order valence-electron chi connectivity index (χ3n) is 8.38. The van der Waals surface area contributed by atoms with E-state index in [4.69, 9.17) is 12.3 Å². The number of para-hydroxylation sites is 1. The highest BCUT2D eigenvalue weighted by Crippen LogP contribution is 2.41. The van der Waals surface area contributed by atoms with Crippen LogP contribution in [0, 0.1) is 11.6 Å². The van der Waals surface area contributed by atoms with Gasteiger partial charge in [-0.15, -0.1) is 11.8 Å². The van der Waals surface area contributed by atoms with Crippen LogP contribution in [0.2, 0.25) is 0 Å². The summed E-state index contributed by atoms with van der Waals surface area (Å²) in [5.41, 5.74) is -0.703. The van der Waals surface area contributed by atoms with Gasteiger partial charge in [-0.2, -0.15) is 13.2 Å². The van der Waals surface area contributed by atoms with Gasteiger partial charge in [-0.3, -0.25) is 4.79 Å². The predicted molar refractivity (Wildman–Crippen MR) is 198 cm³/mol. The van der Waals surface area contributed by atoms with Crippen LogP contribution < -0.4 is 4.90 Å². The van der Waals surface area contributed by atoms with Crippen molar-refractivity contribution in [2.75, 3.05) is 44.6 Å². The molecule has 280 valence electrons. The van der Waals surface area contributed by atoms with Gasteiger partial charge >= 0.3 is 6.18 Å². The number of ether oxygens (including phenoxy) is 1. The first-order valence-electron chi connectivity index (χ1n) is 23.4. The molecule has 1 saturated heterocycles. The number of carbonyl (C=O) groups is 1. The molecule has 0 saturated carbocycles. The number of nitrogens with zero attached hydrogens (tertiary/aromatic N) is 3. The summed E-state index contributed by atoms with van der Waals surface area (Å²) in [4.78, 5) is 16.3. The normalized spacial score (nSPS) is 27.0. The number of hydrogen-bond donors (Lipinski definition) is 1. The first kappa shape index (κ1) is 23.5. The van der Waals surface area contributed by atoms with Gasteiger partial charge in [-0.25, -0.2) is 8.78 Å². The van der Waals surface area contributed by atoms with Gasteiger partial charge in [0.05, 0.1) is 32.8 Å². The lowest BCUT2D eigenvalue weighted by Crippen LogP contribution is -2.51. The molecule has 2 heterocycles. The van der Waals surface area contributed by atoms with E-state index in [1.807, 2.05) is 0 Å². The highest BCUT2D eigenvalue weighted by molar-refractivity contribution is 8.02. The summed E-state index contributed by atoms with van der Waals surface area (Å²) >= 11 is 0.782. The van der Waals surface area contributed by atoms with Gasteiger partial charge in [-0.05, 0) is 66.7 Å². The lowest BCUT2D eigenvalue weighted by molar-refractivity contribution is -0.137. The van der Waals surface area contributed by atoms with E-state index in [1.165, 1.54) is 59.5 Å². The molecule has 6 nitrogen and oxygen atoms in total. The maximum Gasteiger partial charge on any atom is 0.416 e. The van der Waals surface area contributed by atoms with Crippen molar-refractivity contribution in [2.24, 2.45) is 0 Å². The van der Waals surface area contributed by atoms with Crippen molar-refractivity contribution in [3.05, 3.63) is 136 Å². The van der Waals surface area contributed by atoms with E-state index in [1.54, 1.807) is 0 Å². The zero-order chi connectivity index (χ0) is 51.0. The SMILES string of the molecule is [2H]C([2H])([2H])OC([2H])([2H])CN1C([2H])([2H])C([2H])([2H])C([2H])(N(C(=O)CN2C(SCc3cccc(F)c3F)=CC(O)c3ccccc32)C([2H])(C)c2ccc(-c3ccc(C(F)(F)F)cc3)cc2)C([2H])([2H])C1([2H])[2H]. The van der Waals surface area contributed by atoms with Crippen LogP contribution in [0.3, 0.4) is 0 Å². The molecule has 2 unspecified atom stereocenters. The van der Waals surface area contributed by atoms with E-state index in [0.29, 0.717) is 0 Å². The third kappa shape index (κ3) is 8.95. The number of amides is 1. The fourth-order valence-electron chi connectivity index (χ4n) is 5.68. The Balaban J connectivity index is 1.53. The minimum atomic E-state index is -4.66. The van der Waals surface area contributed by atoms with Crippen LogP contribution in [0.1, 0.15) is 74.6 Å². The predicted octanol–water partition coefficient (Wildman–Crippen LogP) is 8.98. The van der Waals surface area contributed by atoms with Crippen LogP contribution in [-0.4, -0.2) is 66.5 Å². The molecule has 0 aromatic heterocycles. The Kier molecular flexibility index (Phi) is 7.48.